The molecule has 0 unspecified atom stereocenters. The first kappa shape index (κ1) is 19.2. The number of rotatable bonds is 5. The number of ether oxygens (including phenoxy) is 1. The minimum absolute atomic E-state index is 0.0163. The lowest BCUT2D eigenvalue weighted by atomic mass is 9.96. The molecule has 3 rings (SSSR count). The van der Waals surface area contributed by atoms with Gasteiger partial charge in [0.25, 0.3) is 0 Å². The van der Waals surface area contributed by atoms with E-state index in [1.165, 1.54) is 0 Å². The van der Waals surface area contributed by atoms with Crippen molar-refractivity contribution in [3.8, 4) is 6.07 Å². The van der Waals surface area contributed by atoms with Crippen molar-refractivity contribution in [1.82, 2.24) is 10.3 Å². The molecule has 1 aliphatic rings. The maximum atomic E-state index is 12.5. The average Bonchev–Trinajstić information content (AvgIpc) is 2.66. The van der Waals surface area contributed by atoms with Crippen LogP contribution < -0.4 is 5.32 Å². The number of amides is 1. The third kappa shape index (κ3) is 3.91. The lowest BCUT2D eigenvalue weighted by Gasteiger charge is -2.19. The molecular formula is C21H19N3O4. The molecule has 0 spiro atoms. The van der Waals surface area contributed by atoms with Gasteiger partial charge in [0.05, 0.1) is 35.7 Å². The summed E-state index contributed by atoms with van der Waals surface area (Å²) in [6.45, 7) is 4.02. The Morgan fingerprint density at radius 1 is 1.29 bits per heavy atom. The first-order chi connectivity index (χ1) is 13.4. The van der Waals surface area contributed by atoms with Crippen LogP contribution in [0.3, 0.4) is 0 Å². The van der Waals surface area contributed by atoms with Crippen molar-refractivity contribution in [3.05, 3.63) is 47.3 Å². The maximum absolute atomic E-state index is 12.5. The molecule has 2 aromatic rings. The van der Waals surface area contributed by atoms with E-state index >= 15 is 0 Å². The molecule has 0 aliphatic carbocycles. The van der Waals surface area contributed by atoms with Crippen LogP contribution in [-0.4, -0.2) is 29.3 Å². The van der Waals surface area contributed by atoms with Crippen LogP contribution in [0.4, 0.5) is 0 Å². The monoisotopic (exact) mass is 377 g/mol. The number of hydrogen-bond donors (Lipinski definition) is 1. The summed E-state index contributed by atoms with van der Waals surface area (Å²) in [6, 6.07) is 11.2. The first-order valence-electron chi connectivity index (χ1n) is 8.93. The molecule has 0 bridgehead atoms. The molecule has 1 aromatic carbocycles. The third-order valence-corrected chi connectivity index (χ3v) is 4.40. The Balaban J connectivity index is 2.09. The number of aromatic nitrogens is 1. The summed E-state index contributed by atoms with van der Waals surface area (Å²) in [7, 11) is 0. The Morgan fingerprint density at radius 3 is 2.75 bits per heavy atom. The van der Waals surface area contributed by atoms with Crippen molar-refractivity contribution in [3.63, 3.8) is 0 Å². The summed E-state index contributed by atoms with van der Waals surface area (Å²) >= 11 is 0. The smallest absolute Gasteiger partial charge is 0.355 e. The lowest BCUT2D eigenvalue weighted by Crippen LogP contribution is -2.37. The Morgan fingerprint density at radius 2 is 2.04 bits per heavy atom. The van der Waals surface area contributed by atoms with Gasteiger partial charge in [0.2, 0.25) is 5.91 Å². The van der Waals surface area contributed by atoms with Crippen LogP contribution in [0.25, 0.3) is 16.5 Å². The summed E-state index contributed by atoms with van der Waals surface area (Å²) in [6.07, 6.45) is -0.349. The fourth-order valence-electron chi connectivity index (χ4n) is 2.94. The van der Waals surface area contributed by atoms with Crippen molar-refractivity contribution < 1.29 is 19.1 Å². The van der Waals surface area contributed by atoms with E-state index in [-0.39, 0.29) is 30.7 Å². The summed E-state index contributed by atoms with van der Waals surface area (Å²) in [4.78, 5) is 41.2. The normalized spacial score (nSPS) is 14.2. The number of pyridine rings is 1. The molecule has 28 heavy (non-hydrogen) atoms. The first-order valence-corrected chi connectivity index (χ1v) is 8.93. The Hall–Kier alpha value is -3.53. The zero-order valence-electron chi connectivity index (χ0n) is 15.6. The molecule has 0 saturated heterocycles. The van der Waals surface area contributed by atoms with E-state index < -0.39 is 17.7 Å². The fraction of sp³-hybridized carbons (Fsp3) is 0.286. The highest BCUT2D eigenvalue weighted by atomic mass is 16.5. The van der Waals surface area contributed by atoms with Gasteiger partial charge in [-0.3, -0.25) is 9.59 Å². The number of fused-ring (bicyclic) bond motifs is 1. The van der Waals surface area contributed by atoms with Crippen LogP contribution in [0, 0.1) is 11.3 Å². The van der Waals surface area contributed by atoms with Crippen molar-refractivity contribution >= 4 is 34.1 Å². The number of benzene rings is 1. The molecule has 1 aliphatic heterocycles. The number of Topliss-reactive ketones (excluding diaryl/α,β-unsaturated/α-hetero) is 1. The van der Waals surface area contributed by atoms with Gasteiger partial charge >= 0.3 is 5.97 Å². The van der Waals surface area contributed by atoms with Gasteiger partial charge in [-0.1, -0.05) is 32.0 Å². The SMILES string of the molecule is CC(C)c1ccc2ccc(C3=C(C(=O)OCCC#N)NC(=O)CC3=O)nc2c1. The minimum Gasteiger partial charge on any atom is -0.460 e. The number of allylic oxidation sites excluding steroid dienone is 1. The summed E-state index contributed by atoms with van der Waals surface area (Å²) in [5.41, 5.74) is 1.89. The van der Waals surface area contributed by atoms with Gasteiger partial charge < -0.3 is 10.1 Å². The number of nitrogens with zero attached hydrogens (tertiary/aromatic N) is 2. The van der Waals surface area contributed by atoms with Crippen molar-refractivity contribution in [2.24, 2.45) is 0 Å². The van der Waals surface area contributed by atoms with E-state index in [1.54, 1.807) is 6.07 Å². The standard InChI is InChI=1S/C21H19N3O4/c1-12(2)14-5-4-13-6-7-15(23-16(13)10-14)19-17(25)11-18(26)24-20(19)21(27)28-9-3-8-22/h4-7,10,12H,3,9,11H2,1-2H3,(H,24,26). The van der Waals surface area contributed by atoms with Gasteiger partial charge in [0, 0.05) is 5.39 Å². The molecule has 2 heterocycles. The van der Waals surface area contributed by atoms with E-state index in [2.05, 4.69) is 24.1 Å². The molecule has 0 atom stereocenters. The zero-order chi connectivity index (χ0) is 20.3. The quantitative estimate of drug-likeness (QED) is 0.487. The molecule has 0 radical (unpaired) electrons. The predicted molar refractivity (Wildman–Crippen MR) is 102 cm³/mol. The molecular weight excluding hydrogens is 358 g/mol. The van der Waals surface area contributed by atoms with Crippen molar-refractivity contribution in [1.29, 1.82) is 5.26 Å². The molecule has 0 fully saturated rings. The highest BCUT2D eigenvalue weighted by molar-refractivity contribution is 6.32. The van der Waals surface area contributed by atoms with Gasteiger partial charge in [-0.2, -0.15) is 5.26 Å². The minimum atomic E-state index is -0.857. The van der Waals surface area contributed by atoms with E-state index in [1.807, 2.05) is 30.3 Å². The molecule has 1 aromatic heterocycles. The van der Waals surface area contributed by atoms with E-state index in [9.17, 15) is 14.4 Å². The molecule has 1 amide bonds. The van der Waals surface area contributed by atoms with Gasteiger partial charge in [0.15, 0.2) is 5.78 Å². The summed E-state index contributed by atoms with van der Waals surface area (Å²) in [5, 5.41) is 11.9. The molecule has 7 heteroatoms. The van der Waals surface area contributed by atoms with Crippen LogP contribution in [0.1, 0.15) is 43.9 Å². The zero-order valence-corrected chi connectivity index (χ0v) is 15.6. The number of carbonyl (C=O) groups excluding carboxylic acids is 3. The lowest BCUT2D eigenvalue weighted by molar-refractivity contribution is -0.141. The predicted octanol–water partition coefficient (Wildman–Crippen LogP) is 2.62. The highest BCUT2D eigenvalue weighted by Gasteiger charge is 2.32. The fourth-order valence-corrected chi connectivity index (χ4v) is 2.94. The second-order valence-electron chi connectivity index (χ2n) is 6.75. The number of nitriles is 1. The van der Waals surface area contributed by atoms with Crippen LogP contribution in [-0.2, 0) is 19.1 Å². The van der Waals surface area contributed by atoms with Gasteiger partial charge in [0.1, 0.15) is 12.3 Å². The average molecular weight is 377 g/mol. The largest absolute Gasteiger partial charge is 0.460 e. The Kier molecular flexibility index (Phi) is 5.50. The van der Waals surface area contributed by atoms with Crippen LogP contribution in [0.5, 0.6) is 0 Å². The molecule has 142 valence electrons. The number of carbonyl (C=O) groups is 3. The third-order valence-electron chi connectivity index (χ3n) is 4.40. The van der Waals surface area contributed by atoms with E-state index in [0.29, 0.717) is 17.1 Å². The van der Waals surface area contributed by atoms with Gasteiger partial charge in [-0.25, -0.2) is 9.78 Å². The Bertz CT molecular complexity index is 1050. The summed E-state index contributed by atoms with van der Waals surface area (Å²) < 4.78 is 4.99. The van der Waals surface area contributed by atoms with Gasteiger partial charge in [-0.15, -0.1) is 0 Å². The molecule has 0 saturated carbocycles. The van der Waals surface area contributed by atoms with Crippen LogP contribution in [0.15, 0.2) is 36.0 Å². The van der Waals surface area contributed by atoms with Gasteiger partial charge in [-0.05, 0) is 23.6 Å². The summed E-state index contributed by atoms with van der Waals surface area (Å²) in [5.74, 6) is -1.62. The topological polar surface area (TPSA) is 109 Å². The number of nitrogens with one attached hydrogen (secondary N) is 1. The van der Waals surface area contributed by atoms with E-state index in [4.69, 9.17) is 10.00 Å². The number of hydrogen-bond acceptors (Lipinski definition) is 6. The molecule has 7 nitrogen and oxygen atoms in total. The highest BCUT2D eigenvalue weighted by Crippen LogP contribution is 2.26. The molecule has 1 N–H and O–H groups in total. The van der Waals surface area contributed by atoms with E-state index in [0.717, 1.165) is 10.9 Å². The van der Waals surface area contributed by atoms with Crippen molar-refractivity contribution in [2.45, 2.75) is 32.6 Å². The van der Waals surface area contributed by atoms with Crippen molar-refractivity contribution in [2.75, 3.05) is 6.61 Å². The Labute approximate surface area is 162 Å². The van der Waals surface area contributed by atoms with Crippen LogP contribution in [0.2, 0.25) is 0 Å². The number of esters is 1. The van der Waals surface area contributed by atoms with Crippen LogP contribution >= 0.6 is 0 Å². The number of ketones is 1. The maximum Gasteiger partial charge on any atom is 0.355 e. The second kappa shape index (κ2) is 8.01. The second-order valence-corrected chi connectivity index (χ2v) is 6.75.